The van der Waals surface area contributed by atoms with Gasteiger partial charge in [0.1, 0.15) is 11.6 Å². The molecule has 0 aliphatic heterocycles. The Bertz CT molecular complexity index is 1030. The van der Waals surface area contributed by atoms with E-state index in [9.17, 15) is 22.4 Å². The summed E-state index contributed by atoms with van der Waals surface area (Å²) in [6.45, 7) is 3.30. The van der Waals surface area contributed by atoms with Crippen LogP contribution in [0.4, 0.5) is 17.6 Å². The number of carbonyl (C=O) groups is 1. The average molecular weight is 375 g/mol. The van der Waals surface area contributed by atoms with Crippen LogP contribution in [-0.4, -0.2) is 15.9 Å². The van der Waals surface area contributed by atoms with Crippen molar-refractivity contribution in [3.05, 3.63) is 72.3 Å². The fraction of sp³-hybridized carbons (Fsp3) is 0.105. The van der Waals surface area contributed by atoms with Crippen molar-refractivity contribution in [3.63, 3.8) is 0 Å². The van der Waals surface area contributed by atoms with Crippen LogP contribution in [0.25, 0.3) is 22.2 Å². The molecule has 4 nitrogen and oxygen atoms in total. The molecule has 0 aliphatic carbocycles. The number of fused-ring (bicyclic) bond motifs is 1. The molecule has 0 unspecified atom stereocenters. The fourth-order valence-corrected chi connectivity index (χ4v) is 2.53. The van der Waals surface area contributed by atoms with Gasteiger partial charge in [0.05, 0.1) is 23.3 Å². The zero-order valence-corrected chi connectivity index (χ0v) is 13.8. The molecule has 0 bridgehead atoms. The highest BCUT2D eigenvalue weighted by molar-refractivity contribution is 5.92. The van der Waals surface area contributed by atoms with Crippen LogP contribution in [0.2, 0.25) is 0 Å². The van der Waals surface area contributed by atoms with Gasteiger partial charge in [0.25, 0.3) is 0 Å². The number of benzene rings is 2. The van der Waals surface area contributed by atoms with Gasteiger partial charge in [-0.3, -0.25) is 4.79 Å². The summed E-state index contributed by atoms with van der Waals surface area (Å²) in [6.07, 6.45) is -3.56. The van der Waals surface area contributed by atoms with Gasteiger partial charge in [-0.15, -0.1) is 0 Å². The molecule has 0 saturated heterocycles. The van der Waals surface area contributed by atoms with Crippen molar-refractivity contribution in [1.29, 1.82) is 0 Å². The number of amides is 1. The lowest BCUT2D eigenvalue weighted by molar-refractivity contribution is -0.137. The minimum atomic E-state index is -4.65. The van der Waals surface area contributed by atoms with Gasteiger partial charge >= 0.3 is 6.18 Å². The first kappa shape index (κ1) is 18.5. The predicted octanol–water partition coefficient (Wildman–Crippen LogP) is 4.26. The Morgan fingerprint density at radius 3 is 2.56 bits per heavy atom. The van der Waals surface area contributed by atoms with E-state index >= 15 is 0 Å². The summed E-state index contributed by atoms with van der Waals surface area (Å²) < 4.78 is 52.8. The standard InChI is InChI=1S/C19H13F4N3O/c1-2-17(27)24-10-16-25-15-6-4-3-5-13(15)18(26-16)12-8-7-11(9-14(12)20)19(21,22)23/h2-9H,1,10H2,(H,24,27). The molecule has 0 atom stereocenters. The second-order valence-electron chi connectivity index (χ2n) is 5.62. The van der Waals surface area contributed by atoms with Crippen LogP contribution in [0, 0.1) is 5.82 Å². The Balaban J connectivity index is 2.12. The fourth-order valence-electron chi connectivity index (χ4n) is 2.53. The van der Waals surface area contributed by atoms with E-state index in [1.807, 2.05) is 0 Å². The highest BCUT2D eigenvalue weighted by Crippen LogP contribution is 2.34. The Morgan fingerprint density at radius 1 is 1.15 bits per heavy atom. The molecule has 1 heterocycles. The quantitative estimate of drug-likeness (QED) is 0.548. The summed E-state index contributed by atoms with van der Waals surface area (Å²) in [5, 5.41) is 2.99. The second kappa shape index (κ2) is 7.14. The lowest BCUT2D eigenvalue weighted by Crippen LogP contribution is -2.21. The first-order chi connectivity index (χ1) is 12.8. The van der Waals surface area contributed by atoms with E-state index in [4.69, 9.17) is 0 Å². The van der Waals surface area contributed by atoms with Gasteiger partial charge in [-0.2, -0.15) is 13.2 Å². The summed E-state index contributed by atoms with van der Waals surface area (Å²) in [6, 6.07) is 9.00. The number of hydrogen-bond acceptors (Lipinski definition) is 3. The van der Waals surface area contributed by atoms with Crippen molar-refractivity contribution in [1.82, 2.24) is 15.3 Å². The maximum absolute atomic E-state index is 14.5. The molecule has 1 N–H and O–H groups in total. The molecule has 2 aromatic carbocycles. The number of alkyl halides is 3. The number of aromatic nitrogens is 2. The molecule has 3 rings (SSSR count). The minimum absolute atomic E-state index is 0.0368. The lowest BCUT2D eigenvalue weighted by Gasteiger charge is -2.12. The Morgan fingerprint density at radius 2 is 1.89 bits per heavy atom. The smallest absolute Gasteiger partial charge is 0.345 e. The molecule has 0 spiro atoms. The molecule has 8 heteroatoms. The average Bonchev–Trinajstić information content (AvgIpc) is 2.64. The number of hydrogen-bond donors (Lipinski definition) is 1. The number of halogens is 4. The summed E-state index contributed by atoms with van der Waals surface area (Å²) in [5.41, 5.74) is -0.544. The first-order valence-electron chi connectivity index (χ1n) is 7.82. The van der Waals surface area contributed by atoms with Gasteiger partial charge in [-0.05, 0) is 30.3 Å². The summed E-state index contributed by atoms with van der Waals surface area (Å²) in [4.78, 5) is 19.9. The van der Waals surface area contributed by atoms with Gasteiger partial charge in [0, 0.05) is 10.9 Å². The third-order valence-corrected chi connectivity index (χ3v) is 3.81. The topological polar surface area (TPSA) is 54.9 Å². The van der Waals surface area contributed by atoms with E-state index in [0.717, 1.165) is 18.2 Å². The number of rotatable bonds is 4. The Hall–Kier alpha value is -3.29. The summed E-state index contributed by atoms with van der Waals surface area (Å²) in [7, 11) is 0. The second-order valence-corrected chi connectivity index (χ2v) is 5.62. The molecule has 0 aliphatic rings. The van der Waals surface area contributed by atoms with E-state index in [1.54, 1.807) is 24.3 Å². The normalized spacial score (nSPS) is 11.4. The highest BCUT2D eigenvalue weighted by atomic mass is 19.4. The third kappa shape index (κ3) is 3.94. The maximum atomic E-state index is 14.5. The lowest BCUT2D eigenvalue weighted by atomic mass is 10.0. The third-order valence-electron chi connectivity index (χ3n) is 3.81. The van der Waals surface area contributed by atoms with Crippen LogP contribution in [0.3, 0.4) is 0 Å². The first-order valence-corrected chi connectivity index (χ1v) is 7.82. The zero-order chi connectivity index (χ0) is 19.6. The van der Waals surface area contributed by atoms with Crippen LogP contribution in [-0.2, 0) is 17.5 Å². The molecule has 27 heavy (non-hydrogen) atoms. The molecular weight excluding hydrogens is 362 g/mol. The van der Waals surface area contributed by atoms with Crippen LogP contribution >= 0.6 is 0 Å². The SMILES string of the molecule is C=CC(=O)NCc1nc(-c2ccc(C(F)(F)F)cc2F)c2ccccc2n1. The Kier molecular flexibility index (Phi) is 4.89. The van der Waals surface area contributed by atoms with Gasteiger partial charge in [0.2, 0.25) is 5.91 Å². The molecule has 0 radical (unpaired) electrons. The minimum Gasteiger partial charge on any atom is -0.345 e. The Labute approximate surface area is 151 Å². The van der Waals surface area contributed by atoms with Crippen LogP contribution < -0.4 is 5.32 Å². The van der Waals surface area contributed by atoms with E-state index in [0.29, 0.717) is 17.0 Å². The van der Waals surface area contributed by atoms with Gasteiger partial charge in [0.15, 0.2) is 0 Å². The van der Waals surface area contributed by atoms with Crippen LogP contribution in [0.5, 0.6) is 0 Å². The summed E-state index contributed by atoms with van der Waals surface area (Å²) >= 11 is 0. The van der Waals surface area contributed by atoms with E-state index in [2.05, 4.69) is 21.9 Å². The molecule has 0 saturated carbocycles. The van der Waals surface area contributed by atoms with Crippen LogP contribution in [0.15, 0.2) is 55.1 Å². The summed E-state index contributed by atoms with van der Waals surface area (Å²) in [5.74, 6) is -1.29. The highest BCUT2D eigenvalue weighted by Gasteiger charge is 2.31. The zero-order valence-electron chi connectivity index (χ0n) is 13.8. The predicted molar refractivity (Wildman–Crippen MR) is 92.0 cm³/mol. The molecular formula is C19H13F4N3O. The molecule has 0 fully saturated rings. The van der Waals surface area contributed by atoms with Crippen molar-refractivity contribution in [2.24, 2.45) is 0 Å². The van der Waals surface area contributed by atoms with Crippen molar-refractivity contribution < 1.29 is 22.4 Å². The molecule has 1 aromatic heterocycles. The maximum Gasteiger partial charge on any atom is 0.416 e. The largest absolute Gasteiger partial charge is 0.416 e. The van der Waals surface area contributed by atoms with Gasteiger partial charge in [-0.25, -0.2) is 14.4 Å². The molecule has 1 amide bonds. The van der Waals surface area contributed by atoms with Crippen molar-refractivity contribution in [3.8, 4) is 11.3 Å². The monoisotopic (exact) mass is 375 g/mol. The van der Waals surface area contributed by atoms with Crippen molar-refractivity contribution >= 4 is 16.8 Å². The van der Waals surface area contributed by atoms with E-state index < -0.39 is 23.5 Å². The van der Waals surface area contributed by atoms with Gasteiger partial charge in [-0.1, -0.05) is 24.8 Å². The number of carbonyl (C=O) groups excluding carboxylic acids is 1. The van der Waals surface area contributed by atoms with Crippen molar-refractivity contribution in [2.45, 2.75) is 12.7 Å². The van der Waals surface area contributed by atoms with Crippen LogP contribution in [0.1, 0.15) is 11.4 Å². The number of nitrogens with zero attached hydrogens (tertiary/aromatic N) is 2. The van der Waals surface area contributed by atoms with Gasteiger partial charge < -0.3 is 5.32 Å². The van der Waals surface area contributed by atoms with E-state index in [-0.39, 0.29) is 23.6 Å². The number of nitrogens with one attached hydrogen (secondary N) is 1. The van der Waals surface area contributed by atoms with E-state index in [1.165, 1.54) is 0 Å². The van der Waals surface area contributed by atoms with Crippen molar-refractivity contribution in [2.75, 3.05) is 0 Å². The number of para-hydroxylation sites is 1. The molecule has 3 aromatic rings. The molecule has 138 valence electrons.